The van der Waals surface area contributed by atoms with Gasteiger partial charge >= 0.3 is 5.97 Å². The third-order valence-corrected chi connectivity index (χ3v) is 3.84. The smallest absolute Gasteiger partial charge is 0.374 e. The summed E-state index contributed by atoms with van der Waals surface area (Å²) in [6, 6.07) is 7.80. The number of rotatable bonds is 3. The molecule has 0 radical (unpaired) electrons. The maximum atomic E-state index is 11.7. The third-order valence-electron chi connectivity index (χ3n) is 3.84. The van der Waals surface area contributed by atoms with Gasteiger partial charge in [-0.3, -0.25) is 0 Å². The van der Waals surface area contributed by atoms with Crippen LogP contribution in [-0.2, 0) is 4.74 Å². The van der Waals surface area contributed by atoms with Crippen LogP contribution in [0.25, 0.3) is 11.0 Å². The molecule has 112 valence electrons. The number of ether oxygens (including phenoxy) is 1. The van der Waals surface area contributed by atoms with E-state index in [0.29, 0.717) is 6.61 Å². The molecule has 1 aliphatic rings. The number of hydrogen-bond acceptors (Lipinski definition) is 5. The molecule has 1 aromatic heterocycles. The van der Waals surface area contributed by atoms with Gasteiger partial charge in [0, 0.05) is 37.3 Å². The van der Waals surface area contributed by atoms with Crippen LogP contribution < -0.4 is 4.90 Å². The second-order valence-corrected chi connectivity index (χ2v) is 5.34. The van der Waals surface area contributed by atoms with Crippen molar-refractivity contribution in [3.63, 3.8) is 0 Å². The number of hydrogen-bond donors (Lipinski definition) is 0. The highest BCUT2D eigenvalue weighted by molar-refractivity contribution is 5.93. The normalized spacial score (nSPS) is 16.4. The lowest BCUT2D eigenvalue weighted by molar-refractivity contribution is 0.0492. The van der Waals surface area contributed by atoms with Crippen LogP contribution in [0.4, 0.5) is 5.69 Å². The van der Waals surface area contributed by atoms with E-state index >= 15 is 0 Å². The average Bonchev–Trinajstić information content (AvgIpc) is 2.91. The molecule has 5 heteroatoms. The topological polar surface area (TPSA) is 45.9 Å². The van der Waals surface area contributed by atoms with Crippen molar-refractivity contribution in [2.24, 2.45) is 0 Å². The Balaban J connectivity index is 1.84. The molecule has 1 fully saturated rings. The maximum absolute atomic E-state index is 11.7. The summed E-state index contributed by atoms with van der Waals surface area (Å²) in [5.74, 6) is -0.141. The molecule has 0 saturated carbocycles. The molecule has 0 amide bonds. The van der Waals surface area contributed by atoms with Crippen LogP contribution in [0.2, 0.25) is 0 Å². The number of fused-ring (bicyclic) bond motifs is 1. The van der Waals surface area contributed by atoms with Crippen molar-refractivity contribution in [1.29, 1.82) is 0 Å². The highest BCUT2D eigenvalue weighted by atomic mass is 16.5. The summed E-state index contributed by atoms with van der Waals surface area (Å²) in [6.07, 6.45) is 0. The molecule has 0 atom stereocenters. The van der Waals surface area contributed by atoms with Gasteiger partial charge in [0.25, 0.3) is 0 Å². The van der Waals surface area contributed by atoms with E-state index in [2.05, 4.69) is 22.9 Å². The van der Waals surface area contributed by atoms with E-state index in [0.717, 1.165) is 37.1 Å². The second-order valence-electron chi connectivity index (χ2n) is 5.34. The van der Waals surface area contributed by atoms with Gasteiger partial charge in [0.05, 0.1) is 6.61 Å². The summed E-state index contributed by atoms with van der Waals surface area (Å²) < 4.78 is 10.5. The van der Waals surface area contributed by atoms with Gasteiger partial charge < -0.3 is 19.0 Å². The molecule has 0 unspecified atom stereocenters. The summed E-state index contributed by atoms with van der Waals surface area (Å²) in [6.45, 7) is 6.30. The Morgan fingerprint density at radius 3 is 2.71 bits per heavy atom. The highest BCUT2D eigenvalue weighted by Crippen LogP contribution is 2.26. The molecule has 2 heterocycles. The minimum Gasteiger partial charge on any atom is -0.460 e. The first-order chi connectivity index (χ1) is 10.2. The number of nitrogens with zero attached hydrogens (tertiary/aromatic N) is 2. The van der Waals surface area contributed by atoms with Gasteiger partial charge in [-0.15, -0.1) is 0 Å². The lowest BCUT2D eigenvalue weighted by Crippen LogP contribution is -2.44. The molecule has 3 rings (SSSR count). The van der Waals surface area contributed by atoms with Gasteiger partial charge in [-0.1, -0.05) is 0 Å². The predicted molar refractivity (Wildman–Crippen MR) is 81.9 cm³/mol. The standard InChI is InChI=1S/C16H20N2O3/c1-3-20-16(19)15-11-12-10-13(4-5-14(12)21-15)18-8-6-17(2)7-9-18/h4-5,10-11H,3,6-9H2,1-2H3. The van der Waals surface area contributed by atoms with Crippen molar-refractivity contribution in [2.75, 3.05) is 44.7 Å². The van der Waals surface area contributed by atoms with Gasteiger partial charge in [0.2, 0.25) is 5.76 Å². The van der Waals surface area contributed by atoms with Crippen molar-refractivity contribution >= 4 is 22.6 Å². The average molecular weight is 288 g/mol. The number of piperazine rings is 1. The Bertz CT molecular complexity index is 642. The highest BCUT2D eigenvalue weighted by Gasteiger charge is 2.17. The second kappa shape index (κ2) is 5.77. The first kappa shape index (κ1) is 13.9. The fourth-order valence-electron chi connectivity index (χ4n) is 2.59. The van der Waals surface area contributed by atoms with E-state index in [1.807, 2.05) is 12.1 Å². The zero-order chi connectivity index (χ0) is 14.8. The Morgan fingerprint density at radius 1 is 1.24 bits per heavy atom. The van der Waals surface area contributed by atoms with E-state index < -0.39 is 5.97 Å². The molecule has 5 nitrogen and oxygen atoms in total. The van der Waals surface area contributed by atoms with Crippen molar-refractivity contribution < 1.29 is 13.9 Å². The summed E-state index contributed by atoms with van der Waals surface area (Å²) >= 11 is 0. The summed E-state index contributed by atoms with van der Waals surface area (Å²) in [5, 5.41) is 0.939. The number of benzene rings is 1. The SMILES string of the molecule is CCOC(=O)c1cc2cc(N3CCN(C)CC3)ccc2o1. The zero-order valence-corrected chi connectivity index (χ0v) is 12.5. The zero-order valence-electron chi connectivity index (χ0n) is 12.5. The van der Waals surface area contributed by atoms with Gasteiger partial charge in [-0.25, -0.2) is 4.79 Å². The molecular formula is C16H20N2O3. The number of carbonyl (C=O) groups excluding carboxylic acids is 1. The minimum atomic E-state index is -0.408. The predicted octanol–water partition coefficient (Wildman–Crippen LogP) is 2.36. The number of carbonyl (C=O) groups is 1. The monoisotopic (exact) mass is 288 g/mol. The fourth-order valence-corrected chi connectivity index (χ4v) is 2.59. The van der Waals surface area contributed by atoms with Crippen molar-refractivity contribution in [1.82, 2.24) is 4.90 Å². The molecule has 0 spiro atoms. The van der Waals surface area contributed by atoms with Gasteiger partial charge in [0.1, 0.15) is 5.58 Å². The first-order valence-electron chi connectivity index (χ1n) is 7.31. The number of anilines is 1. The number of esters is 1. The molecular weight excluding hydrogens is 268 g/mol. The molecule has 1 aliphatic heterocycles. The lowest BCUT2D eigenvalue weighted by atomic mass is 10.2. The summed E-state index contributed by atoms with van der Waals surface area (Å²) in [7, 11) is 2.14. The van der Waals surface area contributed by atoms with Crippen LogP contribution in [0.3, 0.4) is 0 Å². The first-order valence-corrected chi connectivity index (χ1v) is 7.31. The molecule has 0 N–H and O–H groups in total. The Labute approximate surface area is 124 Å². The lowest BCUT2D eigenvalue weighted by Gasteiger charge is -2.34. The minimum absolute atomic E-state index is 0.266. The Morgan fingerprint density at radius 2 is 2.00 bits per heavy atom. The largest absolute Gasteiger partial charge is 0.460 e. The van der Waals surface area contributed by atoms with Crippen LogP contribution >= 0.6 is 0 Å². The fraction of sp³-hybridized carbons (Fsp3) is 0.438. The summed E-state index contributed by atoms with van der Waals surface area (Å²) in [5.41, 5.74) is 1.89. The molecule has 0 bridgehead atoms. The number of likely N-dealkylation sites (N-methyl/N-ethyl adjacent to an activating group) is 1. The van der Waals surface area contributed by atoms with Crippen molar-refractivity contribution in [3.05, 3.63) is 30.0 Å². The Kier molecular flexibility index (Phi) is 3.84. The Hall–Kier alpha value is -2.01. The van der Waals surface area contributed by atoms with Crippen LogP contribution in [0.15, 0.2) is 28.7 Å². The molecule has 21 heavy (non-hydrogen) atoms. The van der Waals surface area contributed by atoms with E-state index in [4.69, 9.17) is 9.15 Å². The van der Waals surface area contributed by atoms with Gasteiger partial charge in [0.15, 0.2) is 0 Å². The van der Waals surface area contributed by atoms with Crippen molar-refractivity contribution in [3.8, 4) is 0 Å². The third kappa shape index (κ3) is 2.88. The van der Waals surface area contributed by atoms with E-state index in [9.17, 15) is 4.79 Å². The van der Waals surface area contributed by atoms with E-state index in [-0.39, 0.29) is 5.76 Å². The quantitative estimate of drug-likeness (QED) is 0.811. The van der Waals surface area contributed by atoms with Crippen LogP contribution in [0.5, 0.6) is 0 Å². The van der Waals surface area contributed by atoms with Crippen LogP contribution in [-0.4, -0.2) is 50.7 Å². The summed E-state index contributed by atoms with van der Waals surface area (Å²) in [4.78, 5) is 16.4. The van der Waals surface area contributed by atoms with Gasteiger partial charge in [-0.05, 0) is 38.2 Å². The number of furan rings is 1. The molecule has 2 aromatic rings. The molecule has 1 saturated heterocycles. The van der Waals surface area contributed by atoms with E-state index in [1.165, 1.54) is 5.69 Å². The van der Waals surface area contributed by atoms with Crippen LogP contribution in [0.1, 0.15) is 17.5 Å². The van der Waals surface area contributed by atoms with Crippen molar-refractivity contribution in [2.45, 2.75) is 6.92 Å². The van der Waals surface area contributed by atoms with Crippen LogP contribution in [0, 0.1) is 0 Å². The van der Waals surface area contributed by atoms with Gasteiger partial charge in [-0.2, -0.15) is 0 Å². The maximum Gasteiger partial charge on any atom is 0.374 e. The van der Waals surface area contributed by atoms with E-state index in [1.54, 1.807) is 13.0 Å². The molecule has 1 aromatic carbocycles. The molecule has 0 aliphatic carbocycles.